The molecule has 5 nitrogen and oxygen atoms in total. The number of rotatable bonds is 4. The van der Waals surface area contributed by atoms with Gasteiger partial charge < -0.3 is 10.6 Å². The first-order valence-corrected chi connectivity index (χ1v) is 6.48. The van der Waals surface area contributed by atoms with E-state index in [1.54, 1.807) is 12.3 Å². The summed E-state index contributed by atoms with van der Waals surface area (Å²) < 4.78 is 1.44. The fraction of sp³-hybridized carbons (Fsp3) is 0.538. The van der Waals surface area contributed by atoms with E-state index in [-0.39, 0.29) is 5.56 Å². The van der Waals surface area contributed by atoms with Crippen molar-refractivity contribution < 1.29 is 0 Å². The predicted molar refractivity (Wildman–Crippen MR) is 72.8 cm³/mol. The van der Waals surface area contributed by atoms with Gasteiger partial charge in [-0.3, -0.25) is 4.79 Å². The molecule has 1 fully saturated rings. The molecule has 0 aromatic carbocycles. The number of piperidine rings is 1. The average molecular weight is 248 g/mol. The zero-order valence-corrected chi connectivity index (χ0v) is 10.6. The van der Waals surface area contributed by atoms with E-state index in [1.807, 2.05) is 12.2 Å². The molecule has 0 unspecified atom stereocenters. The summed E-state index contributed by atoms with van der Waals surface area (Å²) in [5.74, 6) is 0. The highest BCUT2D eigenvalue weighted by atomic mass is 16.1. The van der Waals surface area contributed by atoms with Gasteiger partial charge in [0.25, 0.3) is 5.56 Å². The minimum Gasteiger partial charge on any atom is -0.370 e. The second kappa shape index (κ2) is 6.35. The SMILES string of the molecule is NC/C=C/Cn1ncc(N2CCCCC2)cc1=O. The number of nitrogens with zero attached hydrogens (tertiary/aromatic N) is 3. The third-order valence-corrected chi connectivity index (χ3v) is 3.16. The Morgan fingerprint density at radius 1 is 1.28 bits per heavy atom. The molecular formula is C13H20N4O. The van der Waals surface area contributed by atoms with Crippen LogP contribution in [0.2, 0.25) is 0 Å². The molecule has 18 heavy (non-hydrogen) atoms. The highest BCUT2D eigenvalue weighted by molar-refractivity contribution is 5.43. The Hall–Kier alpha value is -1.62. The fourth-order valence-corrected chi connectivity index (χ4v) is 2.16. The number of hydrogen-bond donors (Lipinski definition) is 1. The summed E-state index contributed by atoms with van der Waals surface area (Å²) in [7, 11) is 0. The van der Waals surface area contributed by atoms with Gasteiger partial charge >= 0.3 is 0 Å². The van der Waals surface area contributed by atoms with Crippen LogP contribution in [0.4, 0.5) is 5.69 Å². The van der Waals surface area contributed by atoms with E-state index < -0.39 is 0 Å². The van der Waals surface area contributed by atoms with Crippen LogP contribution in [-0.4, -0.2) is 29.4 Å². The maximum atomic E-state index is 11.9. The molecule has 5 heteroatoms. The summed E-state index contributed by atoms with van der Waals surface area (Å²) in [4.78, 5) is 14.1. The van der Waals surface area contributed by atoms with Gasteiger partial charge in [-0.1, -0.05) is 12.2 Å². The van der Waals surface area contributed by atoms with E-state index in [4.69, 9.17) is 5.73 Å². The first-order chi connectivity index (χ1) is 8.81. The second-order valence-corrected chi connectivity index (χ2v) is 4.49. The molecule has 98 valence electrons. The summed E-state index contributed by atoms with van der Waals surface area (Å²) >= 11 is 0. The third-order valence-electron chi connectivity index (χ3n) is 3.16. The van der Waals surface area contributed by atoms with Gasteiger partial charge in [-0.25, -0.2) is 4.68 Å². The second-order valence-electron chi connectivity index (χ2n) is 4.49. The maximum Gasteiger partial charge on any atom is 0.269 e. The molecule has 0 spiro atoms. The Kier molecular flexibility index (Phi) is 4.52. The fourth-order valence-electron chi connectivity index (χ4n) is 2.16. The van der Waals surface area contributed by atoms with Crippen molar-refractivity contribution in [2.75, 3.05) is 24.5 Å². The first-order valence-electron chi connectivity index (χ1n) is 6.48. The van der Waals surface area contributed by atoms with Crippen LogP contribution in [0.3, 0.4) is 0 Å². The summed E-state index contributed by atoms with van der Waals surface area (Å²) in [6.45, 7) is 3.02. The molecule has 2 N–H and O–H groups in total. The van der Waals surface area contributed by atoms with Gasteiger partial charge in [0.15, 0.2) is 0 Å². The Morgan fingerprint density at radius 3 is 2.72 bits per heavy atom. The van der Waals surface area contributed by atoms with Crippen LogP contribution in [0.25, 0.3) is 0 Å². The van der Waals surface area contributed by atoms with Crippen molar-refractivity contribution in [3.8, 4) is 0 Å². The van der Waals surface area contributed by atoms with Gasteiger partial charge in [0.1, 0.15) is 0 Å². The lowest BCUT2D eigenvalue weighted by atomic mass is 10.1. The van der Waals surface area contributed by atoms with Crippen LogP contribution in [0.1, 0.15) is 19.3 Å². The summed E-state index contributed by atoms with van der Waals surface area (Å²) in [6.07, 6.45) is 9.14. The van der Waals surface area contributed by atoms with Gasteiger partial charge in [-0.15, -0.1) is 0 Å². The lowest BCUT2D eigenvalue weighted by molar-refractivity contribution is 0.572. The van der Waals surface area contributed by atoms with Gasteiger partial charge in [-0.05, 0) is 19.3 Å². The van der Waals surface area contributed by atoms with E-state index in [0.717, 1.165) is 18.8 Å². The topological polar surface area (TPSA) is 64.2 Å². The zero-order valence-electron chi connectivity index (χ0n) is 10.6. The zero-order chi connectivity index (χ0) is 12.8. The van der Waals surface area contributed by atoms with Crippen molar-refractivity contribution in [2.45, 2.75) is 25.8 Å². The molecule has 0 aliphatic carbocycles. The van der Waals surface area contributed by atoms with Gasteiger partial charge in [0, 0.05) is 25.7 Å². The molecule has 2 rings (SSSR count). The molecule has 1 aliphatic rings. The van der Waals surface area contributed by atoms with Crippen LogP contribution in [0.15, 0.2) is 29.2 Å². The minimum atomic E-state index is -0.0558. The third kappa shape index (κ3) is 3.20. The minimum absolute atomic E-state index is 0.0558. The highest BCUT2D eigenvalue weighted by Gasteiger charge is 2.11. The molecule has 0 amide bonds. The Balaban J connectivity index is 2.09. The number of allylic oxidation sites excluding steroid dienone is 1. The number of aromatic nitrogens is 2. The molecule has 0 saturated carbocycles. The standard InChI is InChI=1S/C13H20N4O/c14-6-2-5-9-17-13(18)10-12(11-15-17)16-7-3-1-4-8-16/h2,5,10-11H,1,3-4,6-9,14H2/b5-2+. The van der Waals surface area contributed by atoms with Crippen molar-refractivity contribution in [1.82, 2.24) is 9.78 Å². The van der Waals surface area contributed by atoms with Crippen molar-refractivity contribution in [3.05, 3.63) is 34.8 Å². The summed E-state index contributed by atoms with van der Waals surface area (Å²) in [5.41, 5.74) is 6.24. The highest BCUT2D eigenvalue weighted by Crippen LogP contribution is 2.16. The molecule has 1 aromatic rings. The van der Waals surface area contributed by atoms with Crippen molar-refractivity contribution >= 4 is 5.69 Å². The quantitative estimate of drug-likeness (QED) is 0.799. The van der Waals surface area contributed by atoms with Crippen LogP contribution < -0.4 is 16.2 Å². The Labute approximate surface area is 107 Å². The van der Waals surface area contributed by atoms with E-state index >= 15 is 0 Å². The van der Waals surface area contributed by atoms with E-state index in [0.29, 0.717) is 13.1 Å². The molecule has 1 saturated heterocycles. The van der Waals surface area contributed by atoms with E-state index in [9.17, 15) is 4.79 Å². The largest absolute Gasteiger partial charge is 0.370 e. The summed E-state index contributed by atoms with van der Waals surface area (Å²) in [6, 6.07) is 1.68. The number of nitrogens with two attached hydrogens (primary N) is 1. The monoisotopic (exact) mass is 248 g/mol. The molecule has 1 aliphatic heterocycles. The molecule has 1 aromatic heterocycles. The number of anilines is 1. The first kappa shape index (κ1) is 12.8. The van der Waals surface area contributed by atoms with E-state index in [1.165, 1.54) is 23.9 Å². The van der Waals surface area contributed by atoms with Crippen LogP contribution in [0, 0.1) is 0 Å². The lowest BCUT2D eigenvalue weighted by Crippen LogP contribution is -2.32. The molecule has 0 radical (unpaired) electrons. The van der Waals surface area contributed by atoms with Crippen molar-refractivity contribution in [3.63, 3.8) is 0 Å². The van der Waals surface area contributed by atoms with Crippen LogP contribution >= 0.6 is 0 Å². The maximum absolute atomic E-state index is 11.9. The molecule has 0 atom stereocenters. The van der Waals surface area contributed by atoms with Crippen molar-refractivity contribution in [1.29, 1.82) is 0 Å². The van der Waals surface area contributed by atoms with Crippen LogP contribution in [0.5, 0.6) is 0 Å². The van der Waals surface area contributed by atoms with Gasteiger partial charge in [0.05, 0.1) is 18.4 Å². The predicted octanol–water partition coefficient (Wildman–Crippen LogP) is 0.748. The Bertz CT molecular complexity index is 460. The van der Waals surface area contributed by atoms with E-state index in [2.05, 4.69) is 10.00 Å². The average Bonchev–Trinajstić information content (AvgIpc) is 2.42. The molecule has 0 bridgehead atoms. The normalized spacial score (nSPS) is 16.4. The molecule has 2 heterocycles. The lowest BCUT2D eigenvalue weighted by Gasteiger charge is -2.28. The number of hydrogen-bond acceptors (Lipinski definition) is 4. The van der Waals surface area contributed by atoms with Crippen molar-refractivity contribution in [2.24, 2.45) is 5.73 Å². The Morgan fingerprint density at radius 2 is 2.06 bits per heavy atom. The smallest absolute Gasteiger partial charge is 0.269 e. The summed E-state index contributed by atoms with van der Waals surface area (Å²) in [5, 5.41) is 4.20. The van der Waals surface area contributed by atoms with Gasteiger partial charge in [0.2, 0.25) is 0 Å². The molecular weight excluding hydrogens is 228 g/mol. The van der Waals surface area contributed by atoms with Crippen LogP contribution in [-0.2, 0) is 6.54 Å². The van der Waals surface area contributed by atoms with Gasteiger partial charge in [-0.2, -0.15) is 5.10 Å².